The second kappa shape index (κ2) is 13.6. The van der Waals surface area contributed by atoms with E-state index in [1.165, 1.54) is 28.0 Å². The summed E-state index contributed by atoms with van der Waals surface area (Å²) in [5, 5.41) is 0.569. The summed E-state index contributed by atoms with van der Waals surface area (Å²) in [6.45, 7) is 2.01. The summed E-state index contributed by atoms with van der Waals surface area (Å²) in [5.74, 6) is -0.142. The fourth-order valence-corrected chi connectivity index (χ4v) is 6.45. The van der Waals surface area contributed by atoms with Crippen molar-refractivity contribution in [3.05, 3.63) is 155 Å². The normalized spacial score (nSPS) is 14.4. The van der Waals surface area contributed by atoms with Gasteiger partial charge in [-0.05, 0) is 42.8 Å². The van der Waals surface area contributed by atoms with E-state index in [4.69, 9.17) is 30.8 Å². The number of nitrogens with zero attached hydrogens (tertiary/aromatic N) is 2. The highest BCUT2D eigenvalue weighted by molar-refractivity contribution is 7.07. The minimum atomic E-state index is -0.922. The number of para-hydroxylation sites is 1. The molecule has 0 saturated carbocycles. The maximum atomic E-state index is 14.3. The van der Waals surface area contributed by atoms with Crippen molar-refractivity contribution in [2.24, 2.45) is 4.99 Å². The van der Waals surface area contributed by atoms with E-state index in [1.807, 2.05) is 54.6 Å². The molecule has 0 fully saturated rings. The van der Waals surface area contributed by atoms with Crippen molar-refractivity contribution in [3.63, 3.8) is 0 Å². The molecule has 1 aromatic heterocycles. The number of methoxy groups -OCH3 is 1. The van der Waals surface area contributed by atoms with Crippen molar-refractivity contribution in [1.82, 2.24) is 4.57 Å². The zero-order chi connectivity index (χ0) is 32.2. The Kier molecular flexibility index (Phi) is 9.14. The van der Waals surface area contributed by atoms with Gasteiger partial charge in [0.1, 0.15) is 12.4 Å². The van der Waals surface area contributed by atoms with E-state index in [9.17, 15) is 14.0 Å². The number of hydrogen-bond donors (Lipinski definition) is 0. The zero-order valence-electron chi connectivity index (χ0n) is 24.9. The number of fused-ring (bicyclic) bond motifs is 1. The topological polar surface area (TPSA) is 79.1 Å². The molecular weight excluding hydrogens is 627 g/mol. The quantitative estimate of drug-likeness (QED) is 0.174. The average molecular weight is 655 g/mol. The number of esters is 1. The van der Waals surface area contributed by atoms with Crippen LogP contribution in [0.1, 0.15) is 35.2 Å². The Morgan fingerprint density at radius 2 is 1.74 bits per heavy atom. The van der Waals surface area contributed by atoms with Crippen molar-refractivity contribution < 1.29 is 23.4 Å². The smallest absolute Gasteiger partial charge is 0.338 e. The predicted molar refractivity (Wildman–Crippen MR) is 176 cm³/mol. The molecule has 0 radical (unpaired) electrons. The Bertz CT molecular complexity index is 2120. The first-order valence-corrected chi connectivity index (χ1v) is 15.7. The van der Waals surface area contributed by atoms with Crippen LogP contribution < -0.4 is 24.4 Å². The minimum absolute atomic E-state index is 0.123. The molecule has 5 aromatic rings. The lowest BCUT2D eigenvalue weighted by Crippen LogP contribution is -2.40. The number of hydrogen-bond acceptors (Lipinski definition) is 7. The van der Waals surface area contributed by atoms with Crippen molar-refractivity contribution >= 4 is 40.7 Å². The SMILES string of the molecule is CCOC(=O)C1=C(c2ccccc2)N=c2s/c(=C\c3cccc(OC)c3OCc3ccccc3Cl)c(=O)n2[C@H]1c1ccc(F)cc1. The van der Waals surface area contributed by atoms with Crippen molar-refractivity contribution in [1.29, 1.82) is 0 Å². The van der Waals surface area contributed by atoms with Gasteiger partial charge in [-0.25, -0.2) is 14.2 Å². The van der Waals surface area contributed by atoms with Gasteiger partial charge in [-0.1, -0.05) is 95.7 Å². The van der Waals surface area contributed by atoms with E-state index in [2.05, 4.69) is 0 Å². The number of thiazole rings is 1. The van der Waals surface area contributed by atoms with E-state index < -0.39 is 17.8 Å². The Balaban J connectivity index is 1.55. The number of carbonyl (C=O) groups is 1. The number of aromatic nitrogens is 1. The fraction of sp³-hybridized carbons (Fsp3) is 0.139. The van der Waals surface area contributed by atoms with Crippen LogP contribution in [0, 0.1) is 5.82 Å². The molecule has 232 valence electrons. The lowest BCUT2D eigenvalue weighted by molar-refractivity contribution is -0.138. The molecule has 0 spiro atoms. The van der Waals surface area contributed by atoms with Crippen LogP contribution in [-0.2, 0) is 16.1 Å². The maximum Gasteiger partial charge on any atom is 0.338 e. The van der Waals surface area contributed by atoms with Crippen LogP contribution in [0.4, 0.5) is 4.39 Å². The lowest BCUT2D eigenvalue weighted by atomic mass is 9.93. The summed E-state index contributed by atoms with van der Waals surface area (Å²) in [4.78, 5) is 33.1. The third-order valence-electron chi connectivity index (χ3n) is 7.41. The summed E-state index contributed by atoms with van der Waals surface area (Å²) in [5.41, 5.74) is 2.79. The van der Waals surface area contributed by atoms with Gasteiger partial charge < -0.3 is 14.2 Å². The Labute approximate surface area is 273 Å². The van der Waals surface area contributed by atoms with Crippen LogP contribution >= 0.6 is 22.9 Å². The second-order valence-electron chi connectivity index (χ2n) is 10.2. The van der Waals surface area contributed by atoms with E-state index in [0.717, 1.165) is 5.56 Å². The molecule has 0 bridgehead atoms. The van der Waals surface area contributed by atoms with Gasteiger partial charge >= 0.3 is 5.97 Å². The highest BCUT2D eigenvalue weighted by atomic mass is 35.5. The van der Waals surface area contributed by atoms with Gasteiger partial charge in [0.25, 0.3) is 5.56 Å². The third-order valence-corrected chi connectivity index (χ3v) is 8.76. The molecule has 0 amide bonds. The number of halogens is 2. The van der Waals surface area contributed by atoms with Crippen LogP contribution in [0.25, 0.3) is 11.8 Å². The van der Waals surface area contributed by atoms with Crippen LogP contribution in [0.2, 0.25) is 5.02 Å². The summed E-state index contributed by atoms with van der Waals surface area (Å²) in [7, 11) is 1.54. The van der Waals surface area contributed by atoms with Crippen molar-refractivity contribution in [3.8, 4) is 11.5 Å². The summed E-state index contributed by atoms with van der Waals surface area (Å²) in [6, 6.07) is 26.8. The van der Waals surface area contributed by atoms with Crippen LogP contribution in [0.15, 0.2) is 112 Å². The molecule has 0 unspecified atom stereocenters. The Hall–Kier alpha value is -4.99. The summed E-state index contributed by atoms with van der Waals surface area (Å²) < 4.78 is 33.2. The monoisotopic (exact) mass is 654 g/mol. The van der Waals surface area contributed by atoms with E-state index in [1.54, 1.807) is 50.4 Å². The molecule has 0 N–H and O–H groups in total. The zero-order valence-corrected chi connectivity index (χ0v) is 26.5. The molecule has 1 aliphatic rings. The molecule has 6 rings (SSSR count). The Morgan fingerprint density at radius 1 is 1.00 bits per heavy atom. The molecule has 7 nitrogen and oxygen atoms in total. The first-order valence-electron chi connectivity index (χ1n) is 14.5. The fourth-order valence-electron chi connectivity index (χ4n) is 5.27. The number of carbonyl (C=O) groups excluding carboxylic acids is 1. The number of rotatable bonds is 9. The van der Waals surface area contributed by atoms with Gasteiger partial charge in [-0.2, -0.15) is 0 Å². The second-order valence-corrected chi connectivity index (χ2v) is 11.7. The van der Waals surface area contributed by atoms with Gasteiger partial charge in [0.15, 0.2) is 16.3 Å². The molecule has 0 aliphatic carbocycles. The summed E-state index contributed by atoms with van der Waals surface area (Å²) in [6.07, 6.45) is 1.71. The van der Waals surface area contributed by atoms with Gasteiger partial charge in [0.2, 0.25) is 0 Å². The standard InChI is InChI=1S/C36H28ClFN2O5S/c1-3-44-35(42)30-31(22-10-5-4-6-11-22)39-36-40(32(30)23-16-18-26(38)19-17-23)34(41)29(46-36)20-24-13-9-15-28(43-2)33(24)45-21-25-12-7-8-14-27(25)37/h4-20,32H,3,21H2,1-2H3/b29-20-/t32-/m0/s1. The van der Waals surface area contributed by atoms with Gasteiger partial charge in [-0.15, -0.1) is 0 Å². The van der Waals surface area contributed by atoms with Crippen molar-refractivity contribution in [2.75, 3.05) is 13.7 Å². The molecule has 46 heavy (non-hydrogen) atoms. The first-order chi connectivity index (χ1) is 22.4. The van der Waals surface area contributed by atoms with Gasteiger partial charge in [0, 0.05) is 21.7 Å². The van der Waals surface area contributed by atoms with E-state index in [-0.39, 0.29) is 24.3 Å². The average Bonchev–Trinajstić information content (AvgIpc) is 3.38. The third kappa shape index (κ3) is 6.11. The van der Waals surface area contributed by atoms with Crippen LogP contribution in [0.3, 0.4) is 0 Å². The maximum absolute atomic E-state index is 14.3. The first kappa shape index (κ1) is 31.0. The van der Waals surface area contributed by atoms with Gasteiger partial charge in [-0.3, -0.25) is 9.36 Å². The lowest BCUT2D eigenvalue weighted by Gasteiger charge is -2.25. The minimum Gasteiger partial charge on any atom is -0.493 e. The highest BCUT2D eigenvalue weighted by Gasteiger charge is 2.35. The molecule has 4 aromatic carbocycles. The molecule has 1 aliphatic heterocycles. The molecular formula is C36H28ClFN2O5S. The van der Waals surface area contributed by atoms with Crippen LogP contribution in [0.5, 0.6) is 11.5 Å². The molecule has 0 saturated heterocycles. The van der Waals surface area contributed by atoms with E-state index >= 15 is 0 Å². The Morgan fingerprint density at radius 3 is 2.46 bits per heavy atom. The molecule has 1 atom stereocenters. The molecule has 10 heteroatoms. The number of ether oxygens (including phenoxy) is 3. The largest absolute Gasteiger partial charge is 0.493 e. The van der Waals surface area contributed by atoms with Gasteiger partial charge in [0.05, 0.1) is 35.6 Å². The number of benzene rings is 4. The highest BCUT2D eigenvalue weighted by Crippen LogP contribution is 2.36. The van der Waals surface area contributed by atoms with Crippen LogP contribution in [-0.4, -0.2) is 24.3 Å². The van der Waals surface area contributed by atoms with E-state index in [0.29, 0.717) is 48.2 Å². The van der Waals surface area contributed by atoms with Crippen molar-refractivity contribution in [2.45, 2.75) is 19.6 Å². The predicted octanol–water partition coefficient (Wildman–Crippen LogP) is 6.32. The summed E-state index contributed by atoms with van der Waals surface area (Å²) >= 11 is 7.54. The molecule has 2 heterocycles.